The van der Waals surface area contributed by atoms with Gasteiger partial charge in [0.1, 0.15) is 24.4 Å². The summed E-state index contributed by atoms with van der Waals surface area (Å²) >= 11 is 0. The van der Waals surface area contributed by atoms with Gasteiger partial charge in [0.2, 0.25) is 0 Å². The van der Waals surface area contributed by atoms with E-state index >= 15 is 0 Å². The van der Waals surface area contributed by atoms with Crippen molar-refractivity contribution in [2.45, 2.75) is 101 Å². The Morgan fingerprint density at radius 1 is 0.467 bits per heavy atom. The van der Waals surface area contributed by atoms with Crippen LogP contribution >= 0.6 is 0 Å². The van der Waals surface area contributed by atoms with Crippen LogP contribution in [0.15, 0.2) is 0 Å². The molecule has 0 aromatic carbocycles. The summed E-state index contributed by atoms with van der Waals surface area (Å²) in [6.07, 6.45) is 5.66. The van der Waals surface area contributed by atoms with Crippen LogP contribution in [0.4, 0.5) is 0 Å². The van der Waals surface area contributed by atoms with E-state index in [1.54, 1.807) is 0 Å². The molecule has 0 spiro atoms. The van der Waals surface area contributed by atoms with Crippen LogP contribution in [0.2, 0.25) is 0 Å². The number of carbonyl (C=O) groups excluding carboxylic acids is 4. The summed E-state index contributed by atoms with van der Waals surface area (Å²) in [7, 11) is 0. The number of ether oxygens (including phenoxy) is 4. The summed E-state index contributed by atoms with van der Waals surface area (Å²) in [5.74, 6) is -3.35. The Hall–Kier alpha value is -2.12. The van der Waals surface area contributed by atoms with Gasteiger partial charge < -0.3 is 18.9 Å². The third-order valence-corrected chi connectivity index (χ3v) is 6.67. The Morgan fingerprint density at radius 2 is 0.700 bits per heavy atom. The standard InChI is InChI=1S/C22H28O8/c23-17(27-13-3-4-13)21(18(24)28-14-5-6-14)11-1-2-12-22(21,19(25)29-15-7-8-15)20(26)30-16-9-10-16/h13-16H,1-12H2. The largest absolute Gasteiger partial charge is 0.461 e. The van der Waals surface area contributed by atoms with Gasteiger partial charge in [-0.25, -0.2) is 0 Å². The Kier molecular flexibility index (Phi) is 4.78. The first-order valence-electron chi connectivity index (χ1n) is 11.3. The van der Waals surface area contributed by atoms with E-state index in [-0.39, 0.29) is 37.3 Å². The zero-order valence-electron chi connectivity index (χ0n) is 17.1. The minimum atomic E-state index is -2.05. The Labute approximate surface area is 174 Å². The molecule has 8 nitrogen and oxygen atoms in total. The number of esters is 4. The van der Waals surface area contributed by atoms with Crippen molar-refractivity contribution in [2.75, 3.05) is 0 Å². The lowest BCUT2D eigenvalue weighted by atomic mass is 9.55. The third kappa shape index (κ3) is 3.48. The Bertz CT molecular complexity index is 641. The minimum Gasteiger partial charge on any atom is -0.461 e. The molecular weight excluding hydrogens is 392 g/mol. The third-order valence-electron chi connectivity index (χ3n) is 6.67. The van der Waals surface area contributed by atoms with Crippen LogP contribution in [0.5, 0.6) is 0 Å². The molecule has 5 aliphatic carbocycles. The molecule has 5 rings (SSSR count). The van der Waals surface area contributed by atoms with Gasteiger partial charge in [-0.3, -0.25) is 19.2 Å². The summed E-state index contributed by atoms with van der Waals surface area (Å²) < 4.78 is 22.3. The highest BCUT2D eigenvalue weighted by atomic mass is 16.6. The smallest absolute Gasteiger partial charge is 0.325 e. The summed E-state index contributed by atoms with van der Waals surface area (Å²) in [5, 5.41) is 0. The molecular formula is C22H28O8. The van der Waals surface area contributed by atoms with Crippen LogP contribution in [0.1, 0.15) is 77.0 Å². The van der Waals surface area contributed by atoms with Gasteiger partial charge in [0.15, 0.2) is 10.8 Å². The SMILES string of the molecule is O=C(OC1CC1)C1(C(=O)OC2CC2)CCCCC1(C(=O)OC1CC1)C(=O)OC1CC1. The van der Waals surface area contributed by atoms with Crippen LogP contribution in [-0.2, 0) is 38.1 Å². The molecule has 0 saturated heterocycles. The van der Waals surface area contributed by atoms with E-state index in [9.17, 15) is 19.2 Å². The van der Waals surface area contributed by atoms with Gasteiger partial charge in [0.05, 0.1) is 0 Å². The molecule has 0 aromatic rings. The summed E-state index contributed by atoms with van der Waals surface area (Å²) in [6, 6.07) is 0. The highest BCUT2D eigenvalue weighted by Crippen LogP contribution is 2.56. The summed E-state index contributed by atoms with van der Waals surface area (Å²) in [4.78, 5) is 54.0. The molecule has 0 heterocycles. The average Bonchev–Trinajstić information content (AvgIpc) is 3.53. The molecule has 5 aliphatic rings. The second-order valence-electron chi connectivity index (χ2n) is 9.44. The van der Waals surface area contributed by atoms with Crippen molar-refractivity contribution in [1.82, 2.24) is 0 Å². The van der Waals surface area contributed by atoms with Crippen LogP contribution in [-0.4, -0.2) is 48.3 Å². The minimum absolute atomic E-state index is 0.0175. The van der Waals surface area contributed by atoms with Crippen molar-refractivity contribution >= 4 is 23.9 Å². The first kappa shape index (κ1) is 19.8. The van der Waals surface area contributed by atoms with Crippen molar-refractivity contribution in [3.8, 4) is 0 Å². The van der Waals surface area contributed by atoms with Gasteiger partial charge in [-0.05, 0) is 64.2 Å². The normalized spacial score (nSPS) is 26.9. The van der Waals surface area contributed by atoms with E-state index in [0.717, 1.165) is 0 Å². The van der Waals surface area contributed by atoms with Crippen LogP contribution < -0.4 is 0 Å². The first-order valence-corrected chi connectivity index (χ1v) is 11.3. The molecule has 0 N–H and O–H groups in total. The van der Waals surface area contributed by atoms with E-state index in [1.807, 2.05) is 0 Å². The molecule has 0 bridgehead atoms. The molecule has 5 saturated carbocycles. The maximum absolute atomic E-state index is 13.5. The lowest BCUT2D eigenvalue weighted by Crippen LogP contribution is -2.64. The molecule has 164 valence electrons. The summed E-state index contributed by atoms with van der Waals surface area (Å²) in [6.45, 7) is 0. The fourth-order valence-corrected chi connectivity index (χ4v) is 4.23. The molecule has 30 heavy (non-hydrogen) atoms. The first-order chi connectivity index (χ1) is 14.5. The van der Waals surface area contributed by atoms with Gasteiger partial charge >= 0.3 is 23.9 Å². The molecule has 8 heteroatoms. The van der Waals surface area contributed by atoms with Gasteiger partial charge in [0.25, 0.3) is 0 Å². The second kappa shape index (κ2) is 7.24. The maximum Gasteiger partial charge on any atom is 0.325 e. The summed E-state index contributed by atoms with van der Waals surface area (Å²) in [5.41, 5.74) is -4.09. The molecule has 5 fully saturated rings. The van der Waals surface area contributed by atoms with Crippen molar-refractivity contribution in [3.63, 3.8) is 0 Å². The molecule has 0 radical (unpaired) electrons. The molecule has 0 unspecified atom stereocenters. The molecule has 0 amide bonds. The Morgan fingerprint density at radius 3 is 0.900 bits per heavy atom. The van der Waals surface area contributed by atoms with E-state index in [2.05, 4.69) is 0 Å². The molecule has 0 aliphatic heterocycles. The number of hydrogen-bond acceptors (Lipinski definition) is 8. The van der Waals surface area contributed by atoms with Gasteiger partial charge in [0, 0.05) is 0 Å². The molecule has 0 atom stereocenters. The Balaban J connectivity index is 1.57. The highest BCUT2D eigenvalue weighted by molar-refractivity contribution is 6.15. The monoisotopic (exact) mass is 420 g/mol. The topological polar surface area (TPSA) is 105 Å². The zero-order valence-corrected chi connectivity index (χ0v) is 17.1. The lowest BCUT2D eigenvalue weighted by Gasteiger charge is -2.45. The quantitative estimate of drug-likeness (QED) is 0.335. The van der Waals surface area contributed by atoms with E-state index in [0.29, 0.717) is 64.2 Å². The number of rotatable bonds is 8. The maximum atomic E-state index is 13.5. The average molecular weight is 420 g/mol. The van der Waals surface area contributed by atoms with E-state index < -0.39 is 34.7 Å². The fourth-order valence-electron chi connectivity index (χ4n) is 4.23. The predicted molar refractivity (Wildman–Crippen MR) is 99.8 cm³/mol. The number of hydrogen-bond donors (Lipinski definition) is 0. The lowest BCUT2D eigenvalue weighted by molar-refractivity contribution is -0.210. The van der Waals surface area contributed by atoms with Crippen molar-refractivity contribution in [3.05, 3.63) is 0 Å². The van der Waals surface area contributed by atoms with Crippen LogP contribution in [0, 0.1) is 10.8 Å². The van der Waals surface area contributed by atoms with Crippen molar-refractivity contribution in [1.29, 1.82) is 0 Å². The van der Waals surface area contributed by atoms with Gasteiger partial charge in [-0.15, -0.1) is 0 Å². The fraction of sp³-hybridized carbons (Fsp3) is 0.818. The van der Waals surface area contributed by atoms with E-state index in [4.69, 9.17) is 18.9 Å². The predicted octanol–water partition coefficient (Wildman–Crippen LogP) is 2.36. The van der Waals surface area contributed by atoms with Gasteiger partial charge in [-0.2, -0.15) is 0 Å². The second-order valence-corrected chi connectivity index (χ2v) is 9.44. The van der Waals surface area contributed by atoms with E-state index in [1.165, 1.54) is 0 Å². The number of carbonyl (C=O) groups is 4. The van der Waals surface area contributed by atoms with Gasteiger partial charge in [-0.1, -0.05) is 12.8 Å². The molecule has 0 aromatic heterocycles. The van der Waals surface area contributed by atoms with Crippen molar-refractivity contribution in [2.24, 2.45) is 10.8 Å². The highest BCUT2D eigenvalue weighted by Gasteiger charge is 2.75. The van der Waals surface area contributed by atoms with Crippen LogP contribution in [0.25, 0.3) is 0 Å². The van der Waals surface area contributed by atoms with Crippen molar-refractivity contribution < 1.29 is 38.1 Å². The zero-order chi connectivity index (χ0) is 20.9. The van der Waals surface area contributed by atoms with Crippen LogP contribution in [0.3, 0.4) is 0 Å².